The summed E-state index contributed by atoms with van der Waals surface area (Å²) in [5, 5.41) is 7.27. The number of carbonyl (C=O) groups is 1. The van der Waals surface area contributed by atoms with Gasteiger partial charge in [-0.1, -0.05) is 29.8 Å². The van der Waals surface area contributed by atoms with E-state index in [1.165, 1.54) is 17.7 Å². The van der Waals surface area contributed by atoms with Crippen molar-refractivity contribution in [3.8, 4) is 5.69 Å². The van der Waals surface area contributed by atoms with Crippen molar-refractivity contribution < 1.29 is 9.18 Å². The Bertz CT molecular complexity index is 884. The number of rotatable bonds is 5. The van der Waals surface area contributed by atoms with E-state index in [-0.39, 0.29) is 11.7 Å². The smallest absolute Gasteiger partial charge is 0.225 e. The van der Waals surface area contributed by atoms with Gasteiger partial charge in [-0.2, -0.15) is 5.10 Å². The number of hydrogen-bond acceptors (Lipinski definition) is 2. The van der Waals surface area contributed by atoms with Gasteiger partial charge in [0, 0.05) is 12.5 Å². The van der Waals surface area contributed by atoms with E-state index in [1.807, 2.05) is 32.0 Å². The zero-order valence-electron chi connectivity index (χ0n) is 14.3. The number of aromatic nitrogens is 2. The van der Waals surface area contributed by atoms with E-state index in [0.29, 0.717) is 24.3 Å². The van der Waals surface area contributed by atoms with Gasteiger partial charge in [0.15, 0.2) is 0 Å². The molecule has 128 valence electrons. The molecule has 4 nitrogen and oxygen atoms in total. The van der Waals surface area contributed by atoms with Gasteiger partial charge in [0.05, 0.1) is 11.4 Å². The summed E-state index contributed by atoms with van der Waals surface area (Å²) in [6.07, 6.45) is 1.06. The summed E-state index contributed by atoms with van der Waals surface area (Å²) < 4.78 is 14.7. The Morgan fingerprint density at radius 2 is 1.88 bits per heavy atom. The molecule has 0 saturated heterocycles. The van der Waals surface area contributed by atoms with Crippen LogP contribution in [0.15, 0.2) is 54.6 Å². The molecule has 3 aromatic rings. The van der Waals surface area contributed by atoms with Crippen LogP contribution in [0.1, 0.15) is 23.2 Å². The standard InChI is InChI=1S/C20H20FN3O/c1-14-4-3-5-16(12-14)6-11-20(25)22-19-13-15(2)23-24(19)18-9-7-17(21)8-10-18/h3-5,7-10,12-13H,6,11H2,1-2H3,(H,22,25). The van der Waals surface area contributed by atoms with Crippen LogP contribution in [0.2, 0.25) is 0 Å². The highest BCUT2D eigenvalue weighted by Gasteiger charge is 2.11. The lowest BCUT2D eigenvalue weighted by atomic mass is 10.1. The monoisotopic (exact) mass is 337 g/mol. The summed E-state index contributed by atoms with van der Waals surface area (Å²) in [5.74, 6) is 0.194. The van der Waals surface area contributed by atoms with E-state index in [4.69, 9.17) is 0 Å². The number of hydrogen-bond donors (Lipinski definition) is 1. The van der Waals surface area contributed by atoms with Gasteiger partial charge in [-0.3, -0.25) is 4.79 Å². The number of anilines is 1. The van der Waals surface area contributed by atoms with Crippen LogP contribution >= 0.6 is 0 Å². The van der Waals surface area contributed by atoms with Crippen molar-refractivity contribution in [2.75, 3.05) is 5.32 Å². The Morgan fingerprint density at radius 3 is 2.60 bits per heavy atom. The molecule has 2 aromatic carbocycles. The molecule has 0 radical (unpaired) electrons. The van der Waals surface area contributed by atoms with Crippen molar-refractivity contribution in [3.63, 3.8) is 0 Å². The second kappa shape index (κ2) is 7.30. The number of benzene rings is 2. The van der Waals surface area contributed by atoms with Crippen LogP contribution in [0.3, 0.4) is 0 Å². The first-order valence-electron chi connectivity index (χ1n) is 8.19. The van der Waals surface area contributed by atoms with Gasteiger partial charge in [-0.25, -0.2) is 9.07 Å². The van der Waals surface area contributed by atoms with Crippen LogP contribution in [-0.2, 0) is 11.2 Å². The molecule has 0 aliphatic rings. The van der Waals surface area contributed by atoms with Gasteiger partial charge in [-0.05, 0) is 50.1 Å². The molecule has 3 rings (SSSR count). The SMILES string of the molecule is Cc1cccc(CCC(=O)Nc2cc(C)nn2-c2ccc(F)cc2)c1. The van der Waals surface area contributed by atoms with E-state index in [9.17, 15) is 9.18 Å². The molecule has 1 amide bonds. The lowest BCUT2D eigenvalue weighted by Gasteiger charge is -2.09. The first-order valence-corrected chi connectivity index (χ1v) is 8.19. The molecule has 25 heavy (non-hydrogen) atoms. The molecular formula is C20H20FN3O. The third-order valence-corrected chi connectivity index (χ3v) is 3.89. The van der Waals surface area contributed by atoms with E-state index in [2.05, 4.69) is 16.5 Å². The highest BCUT2D eigenvalue weighted by Crippen LogP contribution is 2.18. The van der Waals surface area contributed by atoms with Gasteiger partial charge in [0.25, 0.3) is 0 Å². The minimum absolute atomic E-state index is 0.0789. The number of halogens is 1. The fraction of sp³-hybridized carbons (Fsp3) is 0.200. The molecule has 0 aliphatic carbocycles. The predicted octanol–water partition coefficient (Wildman–Crippen LogP) is 4.20. The maximum Gasteiger partial charge on any atom is 0.225 e. The summed E-state index contributed by atoms with van der Waals surface area (Å²) in [4.78, 5) is 12.3. The lowest BCUT2D eigenvalue weighted by Crippen LogP contribution is -2.15. The summed E-state index contributed by atoms with van der Waals surface area (Å²) in [6.45, 7) is 3.88. The van der Waals surface area contributed by atoms with E-state index >= 15 is 0 Å². The minimum Gasteiger partial charge on any atom is -0.311 e. The van der Waals surface area contributed by atoms with Crippen LogP contribution in [0.5, 0.6) is 0 Å². The van der Waals surface area contributed by atoms with E-state index in [1.54, 1.807) is 22.9 Å². The topological polar surface area (TPSA) is 46.9 Å². The molecule has 0 spiro atoms. The molecule has 0 saturated carbocycles. The van der Waals surface area contributed by atoms with Crippen LogP contribution < -0.4 is 5.32 Å². The highest BCUT2D eigenvalue weighted by molar-refractivity contribution is 5.90. The van der Waals surface area contributed by atoms with Crippen molar-refractivity contribution in [2.45, 2.75) is 26.7 Å². The third-order valence-electron chi connectivity index (χ3n) is 3.89. The molecule has 1 aromatic heterocycles. The Balaban J connectivity index is 1.70. The van der Waals surface area contributed by atoms with Gasteiger partial charge >= 0.3 is 0 Å². The molecule has 0 aliphatic heterocycles. The molecule has 0 atom stereocenters. The molecular weight excluding hydrogens is 317 g/mol. The molecule has 1 N–H and O–H groups in total. The fourth-order valence-electron chi connectivity index (χ4n) is 2.70. The zero-order valence-corrected chi connectivity index (χ0v) is 14.3. The largest absolute Gasteiger partial charge is 0.311 e. The Kier molecular flexibility index (Phi) is 4.93. The number of amides is 1. The molecule has 1 heterocycles. The average molecular weight is 337 g/mol. The normalized spacial score (nSPS) is 10.7. The van der Waals surface area contributed by atoms with Crippen LogP contribution in [0, 0.1) is 19.7 Å². The van der Waals surface area contributed by atoms with Gasteiger partial charge < -0.3 is 5.32 Å². The maximum absolute atomic E-state index is 13.1. The summed E-state index contributed by atoms with van der Waals surface area (Å²) in [7, 11) is 0. The Hall–Kier alpha value is -2.95. The molecule has 0 unspecified atom stereocenters. The van der Waals surface area contributed by atoms with Crippen molar-refractivity contribution in [1.29, 1.82) is 0 Å². The van der Waals surface area contributed by atoms with Crippen molar-refractivity contribution in [3.05, 3.63) is 77.2 Å². The quantitative estimate of drug-likeness (QED) is 0.758. The summed E-state index contributed by atoms with van der Waals surface area (Å²) in [5.41, 5.74) is 3.79. The van der Waals surface area contributed by atoms with Crippen molar-refractivity contribution >= 4 is 11.7 Å². The van der Waals surface area contributed by atoms with E-state index < -0.39 is 0 Å². The molecule has 0 bridgehead atoms. The third kappa shape index (κ3) is 4.32. The number of nitrogens with one attached hydrogen (secondary N) is 1. The molecule has 5 heteroatoms. The van der Waals surface area contributed by atoms with Crippen LogP contribution in [-0.4, -0.2) is 15.7 Å². The predicted molar refractivity (Wildman–Crippen MR) is 96.4 cm³/mol. The highest BCUT2D eigenvalue weighted by atomic mass is 19.1. The summed E-state index contributed by atoms with van der Waals surface area (Å²) >= 11 is 0. The van der Waals surface area contributed by atoms with Crippen molar-refractivity contribution in [2.24, 2.45) is 0 Å². The van der Waals surface area contributed by atoms with Gasteiger partial charge in [-0.15, -0.1) is 0 Å². The van der Waals surface area contributed by atoms with Crippen LogP contribution in [0.25, 0.3) is 5.69 Å². The van der Waals surface area contributed by atoms with Crippen molar-refractivity contribution in [1.82, 2.24) is 9.78 Å². The Labute approximate surface area is 146 Å². The second-order valence-electron chi connectivity index (χ2n) is 6.10. The van der Waals surface area contributed by atoms with E-state index in [0.717, 1.165) is 11.3 Å². The minimum atomic E-state index is -0.309. The molecule has 0 fully saturated rings. The zero-order chi connectivity index (χ0) is 17.8. The number of carbonyl (C=O) groups excluding carboxylic acids is 1. The Morgan fingerprint density at radius 1 is 1.12 bits per heavy atom. The van der Waals surface area contributed by atoms with Gasteiger partial charge in [0.1, 0.15) is 11.6 Å². The fourth-order valence-corrected chi connectivity index (χ4v) is 2.70. The summed E-state index contributed by atoms with van der Waals surface area (Å²) in [6, 6.07) is 15.9. The lowest BCUT2D eigenvalue weighted by molar-refractivity contribution is -0.116. The number of nitrogens with zero attached hydrogens (tertiary/aromatic N) is 2. The first-order chi connectivity index (χ1) is 12.0. The maximum atomic E-state index is 13.1. The van der Waals surface area contributed by atoms with Crippen LogP contribution in [0.4, 0.5) is 10.2 Å². The second-order valence-corrected chi connectivity index (χ2v) is 6.10. The first kappa shape index (κ1) is 16.9. The average Bonchev–Trinajstić information content (AvgIpc) is 2.94. The van der Waals surface area contributed by atoms with Gasteiger partial charge in [0.2, 0.25) is 5.91 Å². The number of aryl methyl sites for hydroxylation is 3.